The summed E-state index contributed by atoms with van der Waals surface area (Å²) in [4.78, 5) is 9.09. The lowest BCUT2D eigenvalue weighted by Gasteiger charge is -2.33. The number of fused-ring (bicyclic) bond motifs is 4. The van der Waals surface area contributed by atoms with E-state index in [9.17, 15) is 0 Å². The van der Waals surface area contributed by atoms with Gasteiger partial charge in [-0.1, -0.05) is 36.7 Å². The number of nitrogens with two attached hydrogens (primary N) is 1. The van der Waals surface area contributed by atoms with E-state index in [0.29, 0.717) is 30.6 Å². The molecule has 2 N–H and O–H groups in total. The second-order valence-electron chi connectivity index (χ2n) is 7.71. The molecule has 2 aliphatic rings. The van der Waals surface area contributed by atoms with Gasteiger partial charge in [0.2, 0.25) is 5.88 Å². The number of hydrogen-bond donors (Lipinski definition) is 1. The number of ether oxygens (including phenoxy) is 3. The predicted octanol–water partition coefficient (Wildman–Crippen LogP) is 3.96. The molecule has 0 saturated carbocycles. The normalized spacial score (nSPS) is 20.7. The molecule has 0 bridgehead atoms. The molecule has 136 valence electrons. The van der Waals surface area contributed by atoms with Crippen molar-refractivity contribution in [1.82, 2.24) is 4.98 Å². The molecule has 1 aromatic carbocycles. The molecule has 0 fully saturated rings. The number of benzene rings is 1. The van der Waals surface area contributed by atoms with Gasteiger partial charge >= 0.3 is 0 Å². The summed E-state index contributed by atoms with van der Waals surface area (Å²) >= 11 is 3.52. The molecule has 1 atom stereocenters. The number of rotatable bonds is 2. The van der Waals surface area contributed by atoms with Gasteiger partial charge in [-0.05, 0) is 29.7 Å². The maximum Gasteiger partial charge on any atom is 0.283 e. The minimum atomic E-state index is -0.787. The van der Waals surface area contributed by atoms with E-state index < -0.39 is 5.54 Å². The average Bonchev–Trinajstić information content (AvgIpc) is 2.96. The molecule has 0 radical (unpaired) electrons. The number of halogens is 1. The Labute approximate surface area is 160 Å². The Morgan fingerprint density at radius 2 is 2.08 bits per heavy atom. The van der Waals surface area contributed by atoms with Gasteiger partial charge in [0.05, 0.1) is 18.4 Å². The molecule has 0 amide bonds. The van der Waals surface area contributed by atoms with Crippen LogP contribution in [0.15, 0.2) is 39.9 Å². The molecule has 4 rings (SSSR count). The summed E-state index contributed by atoms with van der Waals surface area (Å²) in [6.07, 6.45) is 1.67. The Bertz CT molecular complexity index is 907. The summed E-state index contributed by atoms with van der Waals surface area (Å²) < 4.78 is 18.4. The standard InChI is InChI=1S/C19H20BrN3O3/c1-18(2,3)9-24-12-7-14-16(22-8-12)26-15-5-4-11(20)6-13(15)19(14)10-25-17(21)23-19/h4-8H,9-10H2,1-3H3,(H2,21,23)/t19-/m0/s1. The summed E-state index contributed by atoms with van der Waals surface area (Å²) in [5.74, 6) is 1.85. The summed E-state index contributed by atoms with van der Waals surface area (Å²) in [6, 6.07) is 7.86. The second-order valence-corrected chi connectivity index (χ2v) is 8.63. The molecule has 26 heavy (non-hydrogen) atoms. The van der Waals surface area contributed by atoms with E-state index in [2.05, 4.69) is 46.7 Å². The molecule has 7 heteroatoms. The predicted molar refractivity (Wildman–Crippen MR) is 102 cm³/mol. The molecule has 1 spiro atoms. The quantitative estimate of drug-likeness (QED) is 0.799. The molecule has 3 heterocycles. The van der Waals surface area contributed by atoms with Crippen molar-refractivity contribution in [2.75, 3.05) is 13.2 Å². The van der Waals surface area contributed by atoms with Crippen LogP contribution in [0.25, 0.3) is 0 Å². The van der Waals surface area contributed by atoms with Crippen LogP contribution in [0.4, 0.5) is 0 Å². The van der Waals surface area contributed by atoms with Crippen LogP contribution >= 0.6 is 15.9 Å². The lowest BCUT2D eigenvalue weighted by atomic mass is 9.82. The number of hydrogen-bond acceptors (Lipinski definition) is 6. The Hall–Kier alpha value is -2.28. The number of nitrogens with zero attached hydrogens (tertiary/aromatic N) is 2. The summed E-state index contributed by atoms with van der Waals surface area (Å²) in [7, 11) is 0. The molecule has 2 aliphatic heterocycles. The molecule has 0 unspecified atom stereocenters. The zero-order chi connectivity index (χ0) is 18.5. The SMILES string of the molecule is CC(C)(C)COc1cnc2c(c1)[C@]1(COC(N)=N1)c1cc(Br)ccc1O2. The highest BCUT2D eigenvalue weighted by molar-refractivity contribution is 9.10. The van der Waals surface area contributed by atoms with E-state index in [-0.39, 0.29) is 11.4 Å². The Morgan fingerprint density at radius 3 is 2.77 bits per heavy atom. The van der Waals surface area contributed by atoms with Crippen molar-refractivity contribution >= 4 is 22.0 Å². The summed E-state index contributed by atoms with van der Waals surface area (Å²) in [5.41, 5.74) is 6.80. The van der Waals surface area contributed by atoms with Crippen molar-refractivity contribution in [2.24, 2.45) is 16.1 Å². The maximum atomic E-state index is 6.00. The van der Waals surface area contributed by atoms with Gasteiger partial charge in [0.1, 0.15) is 18.1 Å². The van der Waals surface area contributed by atoms with E-state index in [1.807, 2.05) is 24.3 Å². The van der Waals surface area contributed by atoms with Crippen LogP contribution in [0.3, 0.4) is 0 Å². The van der Waals surface area contributed by atoms with Crippen molar-refractivity contribution in [2.45, 2.75) is 26.3 Å². The number of aliphatic imine (C=N–C) groups is 1. The lowest BCUT2D eigenvalue weighted by molar-refractivity contribution is 0.196. The van der Waals surface area contributed by atoms with Gasteiger partial charge in [-0.15, -0.1) is 0 Å². The largest absolute Gasteiger partial charge is 0.491 e. The first kappa shape index (κ1) is 17.1. The fraction of sp³-hybridized carbons (Fsp3) is 0.368. The third-order valence-electron chi connectivity index (χ3n) is 4.27. The van der Waals surface area contributed by atoms with Gasteiger partial charge in [-0.2, -0.15) is 0 Å². The van der Waals surface area contributed by atoms with Crippen molar-refractivity contribution in [1.29, 1.82) is 0 Å². The van der Waals surface area contributed by atoms with Crippen LogP contribution in [-0.2, 0) is 10.3 Å². The second kappa shape index (κ2) is 5.87. The topological polar surface area (TPSA) is 79.0 Å². The van der Waals surface area contributed by atoms with Crippen LogP contribution < -0.4 is 15.2 Å². The summed E-state index contributed by atoms with van der Waals surface area (Å²) in [5, 5.41) is 0. The van der Waals surface area contributed by atoms with Crippen molar-refractivity contribution in [3.05, 3.63) is 46.1 Å². The first-order valence-corrected chi connectivity index (χ1v) is 9.15. The highest BCUT2D eigenvalue weighted by Gasteiger charge is 2.48. The number of pyridine rings is 1. The number of aromatic nitrogens is 1. The van der Waals surface area contributed by atoms with Gasteiger partial charge < -0.3 is 19.9 Å². The molecular weight excluding hydrogens is 398 g/mol. The van der Waals surface area contributed by atoms with Crippen LogP contribution in [0, 0.1) is 5.41 Å². The van der Waals surface area contributed by atoms with Crippen LogP contribution in [0.2, 0.25) is 0 Å². The summed E-state index contributed by atoms with van der Waals surface area (Å²) in [6.45, 7) is 7.22. The third kappa shape index (κ3) is 2.90. The zero-order valence-corrected chi connectivity index (χ0v) is 16.5. The van der Waals surface area contributed by atoms with Gasteiger partial charge in [0, 0.05) is 10.0 Å². The number of amidine groups is 1. The van der Waals surface area contributed by atoms with Crippen LogP contribution in [-0.4, -0.2) is 24.2 Å². The fourth-order valence-electron chi connectivity index (χ4n) is 3.06. The van der Waals surface area contributed by atoms with Gasteiger partial charge in [0.15, 0.2) is 5.54 Å². The van der Waals surface area contributed by atoms with Gasteiger partial charge in [-0.25, -0.2) is 9.98 Å². The van der Waals surface area contributed by atoms with Gasteiger partial charge in [-0.3, -0.25) is 0 Å². The van der Waals surface area contributed by atoms with Gasteiger partial charge in [0.25, 0.3) is 6.02 Å². The highest BCUT2D eigenvalue weighted by atomic mass is 79.9. The molecule has 0 saturated heterocycles. The van der Waals surface area contributed by atoms with Crippen molar-refractivity contribution in [3.63, 3.8) is 0 Å². The van der Waals surface area contributed by atoms with E-state index >= 15 is 0 Å². The monoisotopic (exact) mass is 417 g/mol. The van der Waals surface area contributed by atoms with E-state index in [0.717, 1.165) is 15.6 Å². The van der Waals surface area contributed by atoms with Crippen LogP contribution in [0.1, 0.15) is 31.9 Å². The first-order chi connectivity index (χ1) is 12.3. The molecule has 1 aromatic heterocycles. The Balaban J connectivity index is 1.83. The average molecular weight is 418 g/mol. The minimum absolute atomic E-state index is 0.0423. The lowest BCUT2D eigenvalue weighted by Crippen LogP contribution is -2.31. The van der Waals surface area contributed by atoms with E-state index in [4.69, 9.17) is 19.9 Å². The van der Waals surface area contributed by atoms with Crippen molar-refractivity contribution in [3.8, 4) is 17.4 Å². The molecule has 0 aliphatic carbocycles. The molecule has 6 nitrogen and oxygen atoms in total. The van der Waals surface area contributed by atoms with E-state index in [1.54, 1.807) is 6.20 Å². The first-order valence-electron chi connectivity index (χ1n) is 8.36. The Kier molecular flexibility index (Phi) is 3.87. The van der Waals surface area contributed by atoms with Crippen molar-refractivity contribution < 1.29 is 14.2 Å². The highest BCUT2D eigenvalue weighted by Crippen LogP contribution is 2.51. The Morgan fingerprint density at radius 1 is 1.27 bits per heavy atom. The van der Waals surface area contributed by atoms with E-state index in [1.165, 1.54) is 0 Å². The fourth-order valence-corrected chi connectivity index (χ4v) is 3.42. The molecule has 2 aromatic rings. The molecular formula is C19H20BrN3O3. The smallest absolute Gasteiger partial charge is 0.283 e. The van der Waals surface area contributed by atoms with Crippen LogP contribution in [0.5, 0.6) is 17.4 Å². The zero-order valence-electron chi connectivity index (χ0n) is 14.9. The minimum Gasteiger partial charge on any atom is -0.491 e. The maximum absolute atomic E-state index is 6.00. The third-order valence-corrected chi connectivity index (χ3v) is 4.76.